The summed E-state index contributed by atoms with van der Waals surface area (Å²) in [5, 5.41) is 3.02. The highest BCUT2D eigenvalue weighted by molar-refractivity contribution is 6.31. The molecule has 0 bridgehead atoms. The quantitative estimate of drug-likeness (QED) is 0.500. The SMILES string of the molecule is C=C1CC(NC(=O)c2cc(Cl)cc(COCCOC)c2OC)=Nc2ccc(OC(F)(F)F)cc21. The number of hydrogen-bond acceptors (Lipinski definition) is 6. The van der Waals surface area contributed by atoms with Crippen LogP contribution in [0.4, 0.5) is 18.9 Å². The third kappa shape index (κ3) is 6.49. The van der Waals surface area contributed by atoms with Crippen molar-refractivity contribution in [1.29, 1.82) is 0 Å². The van der Waals surface area contributed by atoms with Crippen molar-refractivity contribution < 1.29 is 36.9 Å². The summed E-state index contributed by atoms with van der Waals surface area (Å²) >= 11 is 6.20. The normalized spacial score (nSPS) is 13.2. The Morgan fingerprint density at radius 2 is 1.97 bits per heavy atom. The maximum absolute atomic E-state index is 13.0. The highest BCUT2D eigenvalue weighted by atomic mass is 35.5. The minimum absolute atomic E-state index is 0.115. The van der Waals surface area contributed by atoms with Crippen LogP contribution >= 0.6 is 11.6 Å². The van der Waals surface area contributed by atoms with Gasteiger partial charge in [0.25, 0.3) is 5.91 Å². The van der Waals surface area contributed by atoms with Crippen molar-refractivity contribution in [3.05, 3.63) is 58.6 Å². The standard InChI is InChI=1S/C23H22ClF3N2O5/c1-13-8-20(28-19-5-4-16(11-17(13)19)34-23(25,26)27)29-22(30)18-10-15(24)9-14(21(18)32-3)12-33-7-6-31-2/h4-5,9-11H,1,6-8,12H2,2-3H3,(H,28,29,30). The Labute approximate surface area is 199 Å². The molecule has 0 saturated carbocycles. The summed E-state index contributed by atoms with van der Waals surface area (Å²) in [7, 11) is 2.98. The first-order valence-corrected chi connectivity index (χ1v) is 10.4. The van der Waals surface area contributed by atoms with Crippen LogP contribution in [-0.4, -0.2) is 45.5 Å². The zero-order valence-corrected chi connectivity index (χ0v) is 19.2. The lowest BCUT2D eigenvalue weighted by atomic mass is 9.98. The molecule has 0 radical (unpaired) electrons. The van der Waals surface area contributed by atoms with E-state index in [9.17, 15) is 18.0 Å². The molecule has 0 fully saturated rings. The fourth-order valence-corrected chi connectivity index (χ4v) is 3.58. The molecule has 34 heavy (non-hydrogen) atoms. The van der Waals surface area contributed by atoms with Gasteiger partial charge in [0.2, 0.25) is 0 Å². The average molecular weight is 499 g/mol. The van der Waals surface area contributed by atoms with Crippen LogP contribution in [0.25, 0.3) is 5.57 Å². The Hall–Kier alpha value is -3.08. The number of aliphatic imine (C=N–C) groups is 1. The van der Waals surface area contributed by atoms with Gasteiger partial charge in [0.15, 0.2) is 0 Å². The van der Waals surface area contributed by atoms with Gasteiger partial charge in [-0.3, -0.25) is 4.79 Å². The van der Waals surface area contributed by atoms with E-state index < -0.39 is 12.3 Å². The maximum atomic E-state index is 13.0. The molecular formula is C23H22ClF3N2O5. The van der Waals surface area contributed by atoms with E-state index in [1.165, 1.54) is 25.3 Å². The Morgan fingerprint density at radius 1 is 1.21 bits per heavy atom. The first-order chi connectivity index (χ1) is 16.1. The molecule has 0 aliphatic carbocycles. The lowest BCUT2D eigenvalue weighted by Crippen LogP contribution is -2.32. The molecule has 2 aromatic rings. The third-order valence-corrected chi connectivity index (χ3v) is 4.96. The fourth-order valence-electron chi connectivity index (χ4n) is 3.34. The van der Waals surface area contributed by atoms with E-state index in [-0.39, 0.29) is 30.2 Å². The maximum Gasteiger partial charge on any atom is 0.573 e. The molecule has 182 valence electrons. The molecule has 2 aromatic carbocycles. The molecule has 0 unspecified atom stereocenters. The van der Waals surface area contributed by atoms with Crippen LogP contribution in [0.2, 0.25) is 5.02 Å². The first-order valence-electron chi connectivity index (χ1n) is 10.0. The molecular weight excluding hydrogens is 477 g/mol. The summed E-state index contributed by atoms with van der Waals surface area (Å²) in [6.45, 7) is 4.80. The van der Waals surface area contributed by atoms with Gasteiger partial charge in [-0.25, -0.2) is 4.99 Å². The highest BCUT2D eigenvalue weighted by Gasteiger charge is 2.31. The zero-order chi connectivity index (χ0) is 24.9. The number of hydrogen-bond donors (Lipinski definition) is 1. The van der Waals surface area contributed by atoms with Crippen molar-refractivity contribution in [1.82, 2.24) is 5.32 Å². The second-order valence-corrected chi connectivity index (χ2v) is 7.65. The molecule has 1 aliphatic heterocycles. The molecule has 1 amide bonds. The van der Waals surface area contributed by atoms with Gasteiger partial charge in [-0.2, -0.15) is 0 Å². The van der Waals surface area contributed by atoms with Gasteiger partial charge in [-0.1, -0.05) is 18.2 Å². The van der Waals surface area contributed by atoms with Crippen LogP contribution in [0.3, 0.4) is 0 Å². The number of nitrogens with one attached hydrogen (secondary N) is 1. The number of halogens is 4. The number of benzene rings is 2. The van der Waals surface area contributed by atoms with Crippen molar-refractivity contribution in [2.45, 2.75) is 19.4 Å². The number of amidine groups is 1. The number of rotatable bonds is 8. The monoisotopic (exact) mass is 498 g/mol. The highest BCUT2D eigenvalue weighted by Crippen LogP contribution is 2.37. The Balaban J connectivity index is 1.82. The van der Waals surface area contributed by atoms with Crippen molar-refractivity contribution in [3.8, 4) is 11.5 Å². The largest absolute Gasteiger partial charge is 0.573 e. The van der Waals surface area contributed by atoms with E-state index in [2.05, 4.69) is 21.6 Å². The summed E-state index contributed by atoms with van der Waals surface area (Å²) in [6, 6.07) is 6.82. The number of methoxy groups -OCH3 is 2. The molecule has 11 heteroatoms. The molecule has 1 heterocycles. The Bertz CT molecular complexity index is 1120. The minimum Gasteiger partial charge on any atom is -0.496 e. The van der Waals surface area contributed by atoms with Crippen LogP contribution in [0, 0.1) is 0 Å². The van der Waals surface area contributed by atoms with Crippen LogP contribution in [0.5, 0.6) is 11.5 Å². The molecule has 0 atom stereocenters. The number of carbonyl (C=O) groups is 1. The van der Waals surface area contributed by atoms with Gasteiger partial charge in [-0.15, -0.1) is 13.2 Å². The van der Waals surface area contributed by atoms with Crippen molar-refractivity contribution >= 4 is 34.6 Å². The molecule has 3 rings (SSSR count). The number of amides is 1. The van der Waals surface area contributed by atoms with Crippen LogP contribution < -0.4 is 14.8 Å². The Kier molecular flexibility index (Phi) is 8.19. The lowest BCUT2D eigenvalue weighted by molar-refractivity contribution is -0.274. The van der Waals surface area contributed by atoms with Gasteiger partial charge < -0.3 is 24.3 Å². The van der Waals surface area contributed by atoms with E-state index in [0.29, 0.717) is 46.4 Å². The van der Waals surface area contributed by atoms with Gasteiger partial charge in [-0.05, 0) is 35.9 Å². The zero-order valence-electron chi connectivity index (χ0n) is 18.4. The van der Waals surface area contributed by atoms with Gasteiger partial charge in [0, 0.05) is 29.7 Å². The smallest absolute Gasteiger partial charge is 0.496 e. The number of nitrogens with zero attached hydrogens (tertiary/aromatic N) is 1. The summed E-state index contributed by atoms with van der Waals surface area (Å²) in [4.78, 5) is 17.4. The number of ether oxygens (including phenoxy) is 4. The summed E-state index contributed by atoms with van der Waals surface area (Å²) in [5.41, 5.74) is 1.97. The predicted molar refractivity (Wildman–Crippen MR) is 121 cm³/mol. The summed E-state index contributed by atoms with van der Waals surface area (Å²) in [5.74, 6) is -0.334. The summed E-state index contributed by atoms with van der Waals surface area (Å²) < 4.78 is 57.4. The van der Waals surface area contributed by atoms with Gasteiger partial charge in [0.05, 0.1) is 38.2 Å². The number of alkyl halides is 3. The fraction of sp³-hybridized carbons (Fsp3) is 0.304. The van der Waals surface area contributed by atoms with E-state index in [4.69, 9.17) is 25.8 Å². The van der Waals surface area contributed by atoms with Crippen molar-refractivity contribution in [3.63, 3.8) is 0 Å². The number of fused-ring (bicyclic) bond motifs is 1. The molecule has 0 spiro atoms. The second-order valence-electron chi connectivity index (χ2n) is 7.21. The average Bonchev–Trinajstić information content (AvgIpc) is 2.75. The minimum atomic E-state index is -4.81. The van der Waals surface area contributed by atoms with Crippen molar-refractivity contribution in [2.75, 3.05) is 27.4 Å². The van der Waals surface area contributed by atoms with Gasteiger partial charge >= 0.3 is 6.36 Å². The second kappa shape index (κ2) is 10.9. The van der Waals surface area contributed by atoms with Crippen LogP contribution in [0.15, 0.2) is 41.9 Å². The molecule has 1 aliphatic rings. The third-order valence-electron chi connectivity index (χ3n) is 4.75. The van der Waals surface area contributed by atoms with E-state index in [1.807, 2.05) is 0 Å². The number of carbonyl (C=O) groups excluding carboxylic acids is 1. The molecule has 1 N–H and O–H groups in total. The topological polar surface area (TPSA) is 78.4 Å². The summed E-state index contributed by atoms with van der Waals surface area (Å²) in [6.07, 6.45) is -4.69. The van der Waals surface area contributed by atoms with Crippen LogP contribution in [-0.2, 0) is 16.1 Å². The van der Waals surface area contributed by atoms with Crippen molar-refractivity contribution in [2.24, 2.45) is 4.99 Å². The van der Waals surface area contributed by atoms with E-state index in [0.717, 1.165) is 6.07 Å². The lowest BCUT2D eigenvalue weighted by Gasteiger charge is -2.20. The predicted octanol–water partition coefficient (Wildman–Crippen LogP) is 5.29. The molecule has 0 aromatic heterocycles. The van der Waals surface area contributed by atoms with Crippen LogP contribution in [0.1, 0.15) is 27.9 Å². The first kappa shape index (κ1) is 25.5. The molecule has 0 saturated heterocycles. The van der Waals surface area contributed by atoms with E-state index >= 15 is 0 Å². The van der Waals surface area contributed by atoms with Gasteiger partial charge in [0.1, 0.15) is 17.3 Å². The van der Waals surface area contributed by atoms with E-state index in [1.54, 1.807) is 13.2 Å². The Morgan fingerprint density at radius 3 is 2.65 bits per heavy atom. The molecule has 7 nitrogen and oxygen atoms in total.